The second-order valence-electron chi connectivity index (χ2n) is 6.37. The maximum atomic E-state index is 11.3. The van der Waals surface area contributed by atoms with Gasteiger partial charge in [0.15, 0.2) is 0 Å². The number of hydrogen-bond donors (Lipinski definition) is 0. The summed E-state index contributed by atoms with van der Waals surface area (Å²) in [5.74, 6) is 1.23. The molecule has 0 saturated carbocycles. The zero-order chi connectivity index (χ0) is 17.3. The van der Waals surface area contributed by atoms with Gasteiger partial charge < -0.3 is 9.62 Å². The summed E-state index contributed by atoms with van der Waals surface area (Å²) in [5.41, 5.74) is 2.96. The van der Waals surface area contributed by atoms with Crippen molar-refractivity contribution in [1.29, 1.82) is 0 Å². The Hall–Kier alpha value is -2.70. The minimum Gasteiger partial charge on any atom is -0.417 e. The monoisotopic (exact) mass is 328 g/mol. The smallest absolute Gasteiger partial charge is 0.307 e. The molecule has 1 atom stereocenters. The van der Waals surface area contributed by atoms with Gasteiger partial charge in [0.25, 0.3) is 5.89 Å². The average molecular weight is 328 g/mol. The fourth-order valence-electron chi connectivity index (χ4n) is 2.55. The molecular formula is C17H20N4O3. The second kappa shape index (κ2) is 6.43. The van der Waals surface area contributed by atoms with Crippen LogP contribution in [0.15, 0.2) is 33.3 Å². The third-order valence-corrected chi connectivity index (χ3v) is 3.96. The van der Waals surface area contributed by atoms with Gasteiger partial charge in [-0.15, -0.1) is 10.2 Å². The number of hydrogen-bond acceptors (Lipinski definition) is 6. The van der Waals surface area contributed by atoms with Crippen LogP contribution in [0.2, 0.25) is 0 Å². The number of aromatic nitrogens is 4. The van der Waals surface area contributed by atoms with Crippen molar-refractivity contribution >= 4 is 0 Å². The highest BCUT2D eigenvalue weighted by Gasteiger charge is 2.25. The summed E-state index contributed by atoms with van der Waals surface area (Å²) in [4.78, 5) is 0.316. The summed E-state index contributed by atoms with van der Waals surface area (Å²) in [6.45, 7) is 7.99. The molecule has 1 aromatic carbocycles. The van der Waals surface area contributed by atoms with Gasteiger partial charge in [0, 0.05) is 6.92 Å². The van der Waals surface area contributed by atoms with Gasteiger partial charge in [-0.05, 0) is 35.3 Å². The van der Waals surface area contributed by atoms with E-state index in [1.54, 1.807) is 6.92 Å². The molecule has 0 aliphatic heterocycles. The summed E-state index contributed by atoms with van der Waals surface area (Å²) >= 11 is 0. The maximum absolute atomic E-state index is 11.3. The quantitative estimate of drug-likeness (QED) is 0.668. The van der Waals surface area contributed by atoms with Gasteiger partial charge in [-0.3, -0.25) is 4.63 Å². The maximum Gasteiger partial charge on any atom is 0.307 e. The molecule has 2 aromatic heterocycles. The fraction of sp³-hybridized carbons (Fsp3) is 0.412. The van der Waals surface area contributed by atoms with E-state index in [-0.39, 0.29) is 23.2 Å². The van der Waals surface area contributed by atoms with Gasteiger partial charge >= 0.3 is 5.69 Å². The summed E-state index contributed by atoms with van der Waals surface area (Å²) in [5, 5.41) is 23.0. The predicted octanol–water partition coefficient (Wildman–Crippen LogP) is 3.02. The summed E-state index contributed by atoms with van der Waals surface area (Å²) in [7, 11) is 0. The fourth-order valence-corrected chi connectivity index (χ4v) is 2.55. The van der Waals surface area contributed by atoms with Gasteiger partial charge in [0.05, 0.1) is 11.1 Å². The van der Waals surface area contributed by atoms with Gasteiger partial charge in [0.2, 0.25) is 11.6 Å². The van der Waals surface area contributed by atoms with Gasteiger partial charge in [-0.1, -0.05) is 38.1 Å². The van der Waals surface area contributed by atoms with Crippen LogP contribution in [0.4, 0.5) is 0 Å². The van der Waals surface area contributed by atoms with Crippen LogP contribution in [0.3, 0.4) is 0 Å². The van der Waals surface area contributed by atoms with Gasteiger partial charge in [-0.25, -0.2) is 0 Å². The van der Waals surface area contributed by atoms with Gasteiger partial charge in [-0.2, -0.15) is 0 Å². The largest absolute Gasteiger partial charge is 0.417 e. The summed E-state index contributed by atoms with van der Waals surface area (Å²) in [6.07, 6.45) is 1.06. The predicted molar refractivity (Wildman–Crippen MR) is 86.0 cm³/mol. The third-order valence-electron chi connectivity index (χ3n) is 3.96. The van der Waals surface area contributed by atoms with E-state index in [1.807, 2.05) is 6.92 Å². The van der Waals surface area contributed by atoms with E-state index >= 15 is 0 Å². The molecule has 0 aliphatic carbocycles. The Morgan fingerprint density at radius 1 is 1.12 bits per heavy atom. The van der Waals surface area contributed by atoms with Gasteiger partial charge in [0.1, 0.15) is 0 Å². The molecular weight excluding hydrogens is 308 g/mol. The molecule has 0 N–H and O–H groups in total. The van der Waals surface area contributed by atoms with Crippen molar-refractivity contribution in [2.75, 3.05) is 0 Å². The molecule has 0 bridgehead atoms. The Kier molecular flexibility index (Phi) is 4.33. The number of benzene rings is 1. The topological polar surface area (TPSA) is 91.9 Å². The minimum atomic E-state index is -0.0501. The van der Waals surface area contributed by atoms with Crippen molar-refractivity contribution < 1.29 is 13.9 Å². The van der Waals surface area contributed by atoms with Crippen molar-refractivity contribution in [3.8, 4) is 11.6 Å². The average Bonchev–Trinajstić information content (AvgIpc) is 3.15. The Labute approximate surface area is 139 Å². The highest BCUT2D eigenvalue weighted by atomic mass is 16.8. The normalized spacial score (nSPS) is 12.7. The van der Waals surface area contributed by atoms with E-state index in [0.29, 0.717) is 16.7 Å². The molecule has 0 spiro atoms. The van der Waals surface area contributed by atoms with Crippen LogP contribution in [-0.4, -0.2) is 15.4 Å². The van der Waals surface area contributed by atoms with Crippen molar-refractivity contribution in [2.24, 2.45) is 5.92 Å². The SMILES string of the molecule is Cc1c(-c2nnc(C(C)c3ccc(CC(C)C)cc3)o2)no[n+]1[O-]. The summed E-state index contributed by atoms with van der Waals surface area (Å²) < 4.78 is 10.2. The molecule has 126 valence electrons. The zero-order valence-corrected chi connectivity index (χ0v) is 14.2. The van der Waals surface area contributed by atoms with Crippen molar-refractivity contribution in [1.82, 2.24) is 15.4 Å². The molecule has 0 amide bonds. The van der Waals surface area contributed by atoms with E-state index in [9.17, 15) is 5.21 Å². The third kappa shape index (κ3) is 3.15. The first-order valence-electron chi connectivity index (χ1n) is 7.94. The van der Waals surface area contributed by atoms with Crippen LogP contribution in [0.25, 0.3) is 11.6 Å². The van der Waals surface area contributed by atoms with Crippen molar-refractivity contribution in [2.45, 2.75) is 40.0 Å². The van der Waals surface area contributed by atoms with Crippen molar-refractivity contribution in [3.63, 3.8) is 0 Å². The molecule has 3 rings (SSSR count). The lowest BCUT2D eigenvalue weighted by Crippen LogP contribution is -2.25. The lowest BCUT2D eigenvalue weighted by molar-refractivity contribution is -0.806. The number of rotatable bonds is 5. The standard InChI is InChI=1S/C17H20N4O3/c1-10(2)9-13-5-7-14(8-6-13)11(3)16-18-19-17(23-16)15-12(4)21(22)24-20-15/h5-8,10-11H,9H2,1-4H3. The molecule has 2 heterocycles. The van der Waals surface area contributed by atoms with E-state index in [1.165, 1.54) is 5.56 Å². The van der Waals surface area contributed by atoms with E-state index in [2.05, 4.69) is 58.1 Å². The zero-order valence-electron chi connectivity index (χ0n) is 14.2. The minimum absolute atomic E-state index is 0.0501. The molecule has 0 radical (unpaired) electrons. The Balaban J connectivity index is 1.80. The van der Waals surface area contributed by atoms with Crippen LogP contribution in [0, 0.1) is 18.0 Å². The summed E-state index contributed by atoms with van der Waals surface area (Å²) in [6, 6.07) is 8.43. The molecule has 7 nitrogen and oxygen atoms in total. The van der Waals surface area contributed by atoms with Crippen LogP contribution >= 0.6 is 0 Å². The van der Waals surface area contributed by atoms with Crippen LogP contribution < -0.4 is 4.90 Å². The molecule has 0 fully saturated rings. The Morgan fingerprint density at radius 3 is 2.42 bits per heavy atom. The second-order valence-corrected chi connectivity index (χ2v) is 6.37. The molecule has 3 aromatic rings. The number of nitrogens with zero attached hydrogens (tertiary/aromatic N) is 4. The van der Waals surface area contributed by atoms with Crippen LogP contribution in [-0.2, 0) is 6.42 Å². The lowest BCUT2D eigenvalue weighted by atomic mass is 9.97. The highest BCUT2D eigenvalue weighted by Crippen LogP contribution is 2.26. The van der Waals surface area contributed by atoms with E-state index < -0.39 is 0 Å². The molecule has 1 unspecified atom stereocenters. The first-order chi connectivity index (χ1) is 11.5. The molecule has 24 heavy (non-hydrogen) atoms. The molecule has 0 aliphatic rings. The van der Waals surface area contributed by atoms with Crippen LogP contribution in [0.1, 0.15) is 49.4 Å². The molecule has 7 heteroatoms. The Morgan fingerprint density at radius 2 is 1.83 bits per heavy atom. The highest BCUT2D eigenvalue weighted by molar-refractivity contribution is 5.46. The van der Waals surface area contributed by atoms with E-state index in [4.69, 9.17) is 4.42 Å². The first kappa shape index (κ1) is 16.2. The van der Waals surface area contributed by atoms with Crippen molar-refractivity contribution in [3.05, 3.63) is 52.2 Å². The Bertz CT molecular complexity index is 821. The van der Waals surface area contributed by atoms with Crippen LogP contribution in [0.5, 0.6) is 0 Å². The molecule has 0 saturated heterocycles. The lowest BCUT2D eigenvalue weighted by Gasteiger charge is -2.09. The first-order valence-corrected chi connectivity index (χ1v) is 7.94. The van der Waals surface area contributed by atoms with E-state index in [0.717, 1.165) is 12.0 Å².